The van der Waals surface area contributed by atoms with Gasteiger partial charge in [-0.2, -0.15) is 18.4 Å². The molecule has 0 saturated heterocycles. The molecule has 0 N–H and O–H groups in total. The average Bonchev–Trinajstić information content (AvgIpc) is 2.14. The maximum absolute atomic E-state index is 13.1. The third kappa shape index (κ3) is 2.31. The molecule has 0 unspecified atom stereocenters. The third-order valence-corrected chi connectivity index (χ3v) is 1.94. The highest BCUT2D eigenvalue weighted by Crippen LogP contribution is 2.34. The van der Waals surface area contributed by atoms with Crippen LogP contribution >= 0.6 is 11.6 Å². The monoisotopic (exact) mass is 251 g/mol. The predicted octanol–water partition coefficient (Wildman–Crippen LogP) is 3.10. The van der Waals surface area contributed by atoms with Gasteiger partial charge in [0.1, 0.15) is 11.4 Å². The molecule has 7 heteroatoms. The number of halogens is 5. The van der Waals surface area contributed by atoms with Crippen LogP contribution in [0.25, 0.3) is 0 Å². The van der Waals surface area contributed by atoms with Crippen molar-refractivity contribution in [1.82, 2.24) is 0 Å². The van der Waals surface area contributed by atoms with E-state index in [4.69, 9.17) is 16.9 Å². The van der Waals surface area contributed by atoms with Gasteiger partial charge in [0.05, 0.1) is 11.6 Å². The zero-order valence-electron chi connectivity index (χ0n) is 7.40. The van der Waals surface area contributed by atoms with Crippen molar-refractivity contribution < 1.29 is 22.4 Å². The topological polar surface area (TPSA) is 40.9 Å². The van der Waals surface area contributed by atoms with Crippen LogP contribution in [0.4, 0.5) is 17.6 Å². The fraction of sp³-hybridized carbons (Fsp3) is 0.111. The fourth-order valence-corrected chi connectivity index (χ4v) is 1.21. The van der Waals surface area contributed by atoms with Gasteiger partial charge in [-0.25, -0.2) is 4.39 Å². The van der Waals surface area contributed by atoms with Gasteiger partial charge in [-0.3, -0.25) is 4.79 Å². The standard InChI is InChI=1S/C9H2ClF4NO/c10-8(16)4-1-5(3-15)7(6(11)2-4)9(12,13)14/h1-2H. The lowest BCUT2D eigenvalue weighted by molar-refractivity contribution is -0.140. The third-order valence-electron chi connectivity index (χ3n) is 1.72. The van der Waals surface area contributed by atoms with Crippen molar-refractivity contribution >= 4 is 16.8 Å². The van der Waals surface area contributed by atoms with E-state index < -0.39 is 33.9 Å². The van der Waals surface area contributed by atoms with E-state index in [1.807, 2.05) is 0 Å². The van der Waals surface area contributed by atoms with Gasteiger partial charge in [0, 0.05) is 5.56 Å². The maximum Gasteiger partial charge on any atom is 0.420 e. The molecule has 0 bridgehead atoms. The van der Waals surface area contributed by atoms with E-state index in [0.29, 0.717) is 12.1 Å². The Morgan fingerprint density at radius 2 is 1.94 bits per heavy atom. The molecule has 0 fully saturated rings. The minimum Gasteiger partial charge on any atom is -0.276 e. The van der Waals surface area contributed by atoms with Crippen molar-refractivity contribution in [2.45, 2.75) is 6.18 Å². The van der Waals surface area contributed by atoms with Gasteiger partial charge in [0.2, 0.25) is 0 Å². The van der Waals surface area contributed by atoms with Gasteiger partial charge < -0.3 is 0 Å². The van der Waals surface area contributed by atoms with Gasteiger partial charge in [0.15, 0.2) is 0 Å². The van der Waals surface area contributed by atoms with Crippen molar-refractivity contribution in [2.75, 3.05) is 0 Å². The molecule has 0 atom stereocenters. The first-order valence-corrected chi connectivity index (χ1v) is 4.16. The van der Waals surface area contributed by atoms with Crippen LogP contribution in [0.15, 0.2) is 12.1 Å². The molecule has 0 heterocycles. The highest BCUT2D eigenvalue weighted by Gasteiger charge is 2.37. The van der Waals surface area contributed by atoms with Crippen LogP contribution in [0, 0.1) is 17.1 Å². The van der Waals surface area contributed by atoms with E-state index in [1.165, 1.54) is 6.07 Å². The molecule has 0 saturated carbocycles. The maximum atomic E-state index is 13.1. The van der Waals surface area contributed by atoms with Gasteiger partial charge in [-0.15, -0.1) is 0 Å². The first-order valence-electron chi connectivity index (χ1n) is 3.78. The zero-order chi connectivity index (χ0) is 12.5. The largest absolute Gasteiger partial charge is 0.420 e. The molecule has 0 aromatic heterocycles. The molecule has 0 spiro atoms. The Morgan fingerprint density at radius 3 is 2.31 bits per heavy atom. The summed E-state index contributed by atoms with van der Waals surface area (Å²) in [7, 11) is 0. The second-order valence-corrected chi connectivity index (χ2v) is 3.11. The molecule has 1 aromatic carbocycles. The number of rotatable bonds is 1. The first kappa shape index (κ1) is 12.5. The van der Waals surface area contributed by atoms with Crippen molar-refractivity contribution in [1.29, 1.82) is 5.26 Å². The summed E-state index contributed by atoms with van der Waals surface area (Å²) in [6.45, 7) is 0. The van der Waals surface area contributed by atoms with Crippen molar-refractivity contribution in [3.05, 3.63) is 34.6 Å². The summed E-state index contributed by atoms with van der Waals surface area (Å²) in [6.07, 6.45) is -5.00. The summed E-state index contributed by atoms with van der Waals surface area (Å²) in [5, 5.41) is 7.31. The van der Waals surface area contributed by atoms with Gasteiger partial charge in [0.25, 0.3) is 5.24 Å². The van der Waals surface area contributed by atoms with Crippen LogP contribution in [0.3, 0.4) is 0 Å². The van der Waals surface area contributed by atoms with Crippen LogP contribution < -0.4 is 0 Å². The fourth-order valence-electron chi connectivity index (χ4n) is 1.10. The molecule has 2 nitrogen and oxygen atoms in total. The lowest BCUT2D eigenvalue weighted by Gasteiger charge is -2.10. The number of nitrogens with zero attached hydrogens (tertiary/aromatic N) is 1. The average molecular weight is 252 g/mol. The Balaban J connectivity index is 3.55. The molecular formula is C9H2ClF4NO. The minimum atomic E-state index is -5.00. The summed E-state index contributed by atoms with van der Waals surface area (Å²) in [4.78, 5) is 10.6. The molecule has 0 aliphatic rings. The van der Waals surface area contributed by atoms with Crippen LogP contribution in [-0.4, -0.2) is 5.24 Å². The molecule has 1 aromatic rings. The molecule has 0 amide bonds. The zero-order valence-corrected chi connectivity index (χ0v) is 8.16. The summed E-state index contributed by atoms with van der Waals surface area (Å²) >= 11 is 4.97. The number of benzene rings is 1. The number of alkyl halides is 3. The number of carbonyl (C=O) groups excluding carboxylic acids is 1. The van der Waals surface area contributed by atoms with Gasteiger partial charge >= 0.3 is 6.18 Å². The van der Waals surface area contributed by atoms with E-state index in [9.17, 15) is 22.4 Å². The molecule has 1 rings (SSSR count). The first-order chi connectivity index (χ1) is 7.27. The molecule has 84 valence electrons. The quantitative estimate of drug-likeness (QED) is 0.568. The molecule has 0 aliphatic heterocycles. The Kier molecular flexibility index (Phi) is 3.19. The lowest BCUT2D eigenvalue weighted by Crippen LogP contribution is -2.12. The van der Waals surface area contributed by atoms with E-state index in [1.54, 1.807) is 0 Å². The molecule has 0 radical (unpaired) electrons. The summed E-state index contributed by atoms with van der Waals surface area (Å²) in [5.41, 5.74) is -3.17. The highest BCUT2D eigenvalue weighted by atomic mass is 35.5. The van der Waals surface area contributed by atoms with E-state index in [0.717, 1.165) is 0 Å². The van der Waals surface area contributed by atoms with Crippen LogP contribution in [0.1, 0.15) is 21.5 Å². The number of hydrogen-bond acceptors (Lipinski definition) is 2. The normalized spacial score (nSPS) is 11.0. The predicted molar refractivity (Wildman–Crippen MR) is 46.3 cm³/mol. The van der Waals surface area contributed by atoms with Crippen LogP contribution in [-0.2, 0) is 6.18 Å². The van der Waals surface area contributed by atoms with E-state index in [-0.39, 0.29) is 0 Å². The summed E-state index contributed by atoms with van der Waals surface area (Å²) in [5.74, 6) is -1.70. The van der Waals surface area contributed by atoms with E-state index >= 15 is 0 Å². The number of carbonyl (C=O) groups is 1. The van der Waals surface area contributed by atoms with Gasteiger partial charge in [-0.1, -0.05) is 0 Å². The molecular weight excluding hydrogens is 250 g/mol. The smallest absolute Gasteiger partial charge is 0.276 e. The lowest BCUT2D eigenvalue weighted by atomic mass is 10.0. The van der Waals surface area contributed by atoms with Crippen molar-refractivity contribution in [2.24, 2.45) is 0 Å². The minimum absolute atomic E-state index is 0.346. The summed E-state index contributed by atoms with van der Waals surface area (Å²) in [6, 6.07) is 2.11. The SMILES string of the molecule is N#Cc1cc(C(=O)Cl)cc(F)c1C(F)(F)F. The van der Waals surface area contributed by atoms with Crippen LogP contribution in [0.5, 0.6) is 0 Å². The number of hydrogen-bond donors (Lipinski definition) is 0. The second kappa shape index (κ2) is 4.10. The highest BCUT2D eigenvalue weighted by molar-refractivity contribution is 6.67. The van der Waals surface area contributed by atoms with Crippen molar-refractivity contribution in [3.63, 3.8) is 0 Å². The molecule has 16 heavy (non-hydrogen) atoms. The second-order valence-electron chi connectivity index (χ2n) is 2.76. The van der Waals surface area contributed by atoms with Crippen molar-refractivity contribution in [3.8, 4) is 6.07 Å². The summed E-state index contributed by atoms with van der Waals surface area (Å²) < 4.78 is 50.0. The Hall–Kier alpha value is -1.61. The van der Waals surface area contributed by atoms with Crippen LogP contribution in [0.2, 0.25) is 0 Å². The Bertz CT molecular complexity index is 490. The number of nitriles is 1. The van der Waals surface area contributed by atoms with E-state index in [2.05, 4.69) is 0 Å². The Morgan fingerprint density at radius 1 is 1.38 bits per heavy atom. The Labute approximate surface area is 92.0 Å². The van der Waals surface area contributed by atoms with Gasteiger partial charge in [-0.05, 0) is 23.7 Å². The molecule has 0 aliphatic carbocycles.